The number of rotatable bonds is 9. The molecule has 0 radical (unpaired) electrons. The van der Waals surface area contributed by atoms with Gasteiger partial charge >= 0.3 is 5.97 Å². The molecular weight excluding hydrogens is 330 g/mol. The van der Waals surface area contributed by atoms with Crippen LogP contribution in [0.1, 0.15) is 24.5 Å². The van der Waals surface area contributed by atoms with E-state index in [1.54, 1.807) is 31.4 Å². The van der Waals surface area contributed by atoms with E-state index in [2.05, 4.69) is 4.84 Å². The molecule has 1 N–H and O–H groups in total. The monoisotopic (exact) mass is 349 g/mol. The second-order valence-electron chi connectivity index (χ2n) is 5.31. The highest BCUT2D eigenvalue weighted by Crippen LogP contribution is 2.25. The first kappa shape index (κ1) is 18.5. The van der Waals surface area contributed by atoms with Crippen LogP contribution in [0.5, 0.6) is 5.75 Å². The third-order valence-corrected chi connectivity index (χ3v) is 3.59. The van der Waals surface area contributed by atoms with Gasteiger partial charge in [0.1, 0.15) is 5.75 Å². The highest BCUT2D eigenvalue weighted by molar-refractivity contribution is 5.86. The van der Waals surface area contributed by atoms with Crippen molar-refractivity contribution in [1.29, 1.82) is 0 Å². The Labute approximate surface area is 144 Å². The maximum absolute atomic E-state index is 11.9. The van der Waals surface area contributed by atoms with Crippen molar-refractivity contribution in [3.05, 3.63) is 52.1 Å². The Morgan fingerprint density at radius 2 is 1.84 bits per heavy atom. The van der Waals surface area contributed by atoms with E-state index in [0.29, 0.717) is 18.4 Å². The fraction of sp³-hybridized carbons (Fsp3) is 0.353. The smallest absolute Gasteiger partial charge is 0.339 e. The lowest BCUT2D eigenvalue weighted by molar-refractivity contribution is -0.757. The highest BCUT2D eigenvalue weighted by Gasteiger charge is 2.19. The lowest BCUT2D eigenvalue weighted by atomic mass is 10.0. The number of fused-ring (bicyclic) bond motifs is 1. The fourth-order valence-corrected chi connectivity index (χ4v) is 2.27. The molecule has 8 nitrogen and oxygen atoms in total. The van der Waals surface area contributed by atoms with Gasteiger partial charge in [-0.1, -0.05) is 18.2 Å². The lowest BCUT2D eigenvalue weighted by Gasteiger charge is -2.12. The van der Waals surface area contributed by atoms with Crippen LogP contribution in [0, 0.1) is 10.1 Å². The van der Waals surface area contributed by atoms with E-state index in [9.17, 15) is 20.0 Å². The molecule has 8 heteroatoms. The number of esters is 1. The molecule has 0 saturated heterocycles. The third-order valence-electron chi connectivity index (χ3n) is 3.59. The summed E-state index contributed by atoms with van der Waals surface area (Å²) in [6, 6.07) is 10.6. The maximum atomic E-state index is 11.9. The summed E-state index contributed by atoms with van der Waals surface area (Å²) in [6.07, 6.45) is -0.604. The van der Waals surface area contributed by atoms with Gasteiger partial charge in [-0.15, -0.1) is 10.1 Å². The molecule has 0 aliphatic carbocycles. The fourth-order valence-electron chi connectivity index (χ4n) is 2.27. The van der Waals surface area contributed by atoms with Crippen molar-refractivity contribution in [1.82, 2.24) is 0 Å². The Balaban J connectivity index is 1.88. The predicted octanol–water partition coefficient (Wildman–Crippen LogP) is 2.41. The van der Waals surface area contributed by atoms with Crippen LogP contribution in [0.4, 0.5) is 0 Å². The van der Waals surface area contributed by atoms with E-state index < -0.39 is 17.2 Å². The van der Waals surface area contributed by atoms with Gasteiger partial charge in [0.2, 0.25) is 0 Å². The molecule has 2 rings (SSSR count). The Kier molecular flexibility index (Phi) is 6.53. The minimum absolute atomic E-state index is 0.0543. The summed E-state index contributed by atoms with van der Waals surface area (Å²) in [5.74, 6) is -0.0377. The maximum Gasteiger partial charge on any atom is 0.339 e. The number of nitrogens with zero attached hydrogens (tertiary/aromatic N) is 1. The van der Waals surface area contributed by atoms with Gasteiger partial charge in [-0.3, -0.25) is 0 Å². The van der Waals surface area contributed by atoms with Gasteiger partial charge in [0.25, 0.3) is 5.09 Å². The molecule has 0 spiro atoms. The summed E-state index contributed by atoms with van der Waals surface area (Å²) in [7, 11) is 1.58. The van der Waals surface area contributed by atoms with Gasteiger partial charge in [0.05, 0.1) is 20.3 Å². The second kappa shape index (κ2) is 8.84. The first-order valence-electron chi connectivity index (χ1n) is 7.71. The molecule has 0 amide bonds. The molecule has 0 bridgehead atoms. The molecule has 0 saturated carbocycles. The van der Waals surface area contributed by atoms with Crippen LogP contribution in [0.2, 0.25) is 0 Å². The minimum Gasteiger partial charge on any atom is -0.497 e. The first-order valence-corrected chi connectivity index (χ1v) is 7.71. The molecule has 0 aromatic heterocycles. The topological polar surface area (TPSA) is 108 Å². The number of unbranched alkanes of at least 4 members (excludes halogenated alkanes) is 1. The van der Waals surface area contributed by atoms with Crippen molar-refractivity contribution in [2.75, 3.05) is 20.3 Å². The molecule has 25 heavy (non-hydrogen) atoms. The van der Waals surface area contributed by atoms with Crippen molar-refractivity contribution in [3.63, 3.8) is 0 Å². The van der Waals surface area contributed by atoms with Gasteiger partial charge in [-0.25, -0.2) is 4.79 Å². The number of hydrogen-bond acceptors (Lipinski definition) is 7. The van der Waals surface area contributed by atoms with E-state index in [1.807, 2.05) is 12.1 Å². The van der Waals surface area contributed by atoms with Crippen molar-refractivity contribution in [2.24, 2.45) is 0 Å². The van der Waals surface area contributed by atoms with Gasteiger partial charge in [-0.05, 0) is 47.4 Å². The van der Waals surface area contributed by atoms with Gasteiger partial charge in [0, 0.05) is 0 Å². The van der Waals surface area contributed by atoms with Crippen molar-refractivity contribution >= 4 is 16.7 Å². The number of hydrogen-bond donors (Lipinski definition) is 1. The largest absolute Gasteiger partial charge is 0.497 e. The molecule has 0 aliphatic heterocycles. The van der Waals surface area contributed by atoms with E-state index in [-0.39, 0.29) is 13.2 Å². The summed E-state index contributed by atoms with van der Waals surface area (Å²) in [4.78, 5) is 26.0. The van der Waals surface area contributed by atoms with Crippen LogP contribution in [-0.4, -0.2) is 36.5 Å². The second-order valence-corrected chi connectivity index (χ2v) is 5.31. The van der Waals surface area contributed by atoms with Crippen molar-refractivity contribution in [3.8, 4) is 5.75 Å². The van der Waals surface area contributed by atoms with E-state index in [0.717, 1.165) is 16.5 Å². The summed E-state index contributed by atoms with van der Waals surface area (Å²) >= 11 is 0. The number of carbonyl (C=O) groups excluding carboxylic acids is 1. The van der Waals surface area contributed by atoms with Crippen LogP contribution in [0.25, 0.3) is 10.8 Å². The van der Waals surface area contributed by atoms with Crippen LogP contribution >= 0.6 is 0 Å². The predicted molar refractivity (Wildman–Crippen MR) is 88.6 cm³/mol. The average molecular weight is 349 g/mol. The Morgan fingerprint density at radius 1 is 1.16 bits per heavy atom. The van der Waals surface area contributed by atoms with Crippen LogP contribution in [0.3, 0.4) is 0 Å². The summed E-state index contributed by atoms with van der Waals surface area (Å²) in [5.41, 5.74) is 0.430. The molecular formula is C17H19NO7. The Hall–Kier alpha value is -2.87. The van der Waals surface area contributed by atoms with Crippen LogP contribution in [0.15, 0.2) is 36.4 Å². The van der Waals surface area contributed by atoms with Crippen LogP contribution in [-0.2, 0) is 14.4 Å². The normalized spacial score (nSPS) is 11.8. The first-order chi connectivity index (χ1) is 12.0. The molecule has 1 atom stereocenters. The number of methoxy groups -OCH3 is 1. The Bertz CT molecular complexity index is 747. The standard InChI is InChI=1S/C17H19NO7/c1-23-15-7-6-12-10-14(5-4-13(12)11-15)16(19)17(20)24-8-2-3-9-25-18(21)22/h4-7,10-11,16,19H,2-3,8-9H2,1H3. The van der Waals surface area contributed by atoms with Gasteiger partial charge in [0.15, 0.2) is 6.10 Å². The number of benzene rings is 2. The average Bonchev–Trinajstić information content (AvgIpc) is 2.62. The lowest BCUT2D eigenvalue weighted by Crippen LogP contribution is -2.16. The molecule has 134 valence electrons. The molecule has 0 heterocycles. The number of aliphatic hydroxyl groups excluding tert-OH is 1. The van der Waals surface area contributed by atoms with Gasteiger partial charge in [-0.2, -0.15) is 0 Å². The molecule has 2 aromatic carbocycles. The number of ether oxygens (including phenoxy) is 2. The quantitative estimate of drug-likeness (QED) is 0.320. The number of aliphatic hydroxyl groups is 1. The molecule has 2 aromatic rings. The highest BCUT2D eigenvalue weighted by atomic mass is 16.9. The summed E-state index contributed by atoms with van der Waals surface area (Å²) < 4.78 is 10.1. The van der Waals surface area contributed by atoms with Crippen molar-refractivity contribution < 1.29 is 29.3 Å². The number of carbonyl (C=O) groups is 1. The van der Waals surface area contributed by atoms with Gasteiger partial charge < -0.3 is 19.4 Å². The summed E-state index contributed by atoms with van der Waals surface area (Å²) in [5, 5.41) is 21.0. The Morgan fingerprint density at radius 3 is 2.56 bits per heavy atom. The zero-order valence-corrected chi connectivity index (χ0v) is 13.7. The molecule has 0 fully saturated rings. The zero-order chi connectivity index (χ0) is 18.2. The molecule has 1 unspecified atom stereocenters. The molecule has 0 aliphatic rings. The van der Waals surface area contributed by atoms with E-state index in [1.165, 1.54) is 0 Å². The SMILES string of the molecule is COc1ccc2cc(C(O)C(=O)OCCCCO[N+](=O)[O-])ccc2c1. The summed E-state index contributed by atoms with van der Waals surface area (Å²) in [6.45, 7) is 0.00297. The third kappa shape index (κ3) is 5.32. The zero-order valence-electron chi connectivity index (χ0n) is 13.7. The van der Waals surface area contributed by atoms with E-state index in [4.69, 9.17) is 9.47 Å². The van der Waals surface area contributed by atoms with Crippen molar-refractivity contribution in [2.45, 2.75) is 18.9 Å². The van der Waals surface area contributed by atoms with Crippen LogP contribution < -0.4 is 4.74 Å². The van der Waals surface area contributed by atoms with E-state index >= 15 is 0 Å². The minimum atomic E-state index is -1.39.